The molecular weight excluding hydrogens is 288 g/mol. The maximum Gasteiger partial charge on any atom is 0.225 e. The van der Waals surface area contributed by atoms with E-state index in [4.69, 9.17) is 0 Å². The highest BCUT2D eigenvalue weighted by Crippen LogP contribution is 2.27. The van der Waals surface area contributed by atoms with Crippen LogP contribution in [0.5, 0.6) is 0 Å². The van der Waals surface area contributed by atoms with Crippen LogP contribution in [-0.2, 0) is 17.9 Å². The van der Waals surface area contributed by atoms with E-state index in [0.29, 0.717) is 11.7 Å². The highest BCUT2D eigenvalue weighted by atomic mass is 32.2. The van der Waals surface area contributed by atoms with Gasteiger partial charge in [0.1, 0.15) is 0 Å². The molecule has 1 fully saturated rings. The number of hydrogen-bond acceptors (Lipinski definition) is 4. The molecule has 0 radical (unpaired) electrons. The summed E-state index contributed by atoms with van der Waals surface area (Å²) in [6, 6.07) is 6.29. The summed E-state index contributed by atoms with van der Waals surface area (Å²) in [6.45, 7) is 1.99. The Bertz CT molecular complexity index is 501. The third kappa shape index (κ3) is 3.51. The molecule has 1 unspecified atom stereocenters. The zero-order valence-corrected chi connectivity index (χ0v) is 13.4. The van der Waals surface area contributed by atoms with Crippen molar-refractivity contribution in [3.8, 4) is 0 Å². The van der Waals surface area contributed by atoms with Crippen LogP contribution in [-0.4, -0.2) is 40.4 Å². The summed E-state index contributed by atoms with van der Waals surface area (Å²) in [5.74, 6) is 3.65. The molecule has 2 heterocycles. The van der Waals surface area contributed by atoms with E-state index in [-0.39, 0.29) is 5.91 Å². The van der Waals surface area contributed by atoms with Crippen LogP contribution in [0.15, 0.2) is 18.2 Å². The Kier molecular flexibility index (Phi) is 4.58. The van der Waals surface area contributed by atoms with Crippen LogP contribution in [0.4, 0.5) is 5.69 Å². The Morgan fingerprint density at radius 1 is 1.35 bits per heavy atom. The van der Waals surface area contributed by atoms with E-state index >= 15 is 0 Å². The molecular formula is C15H20N2OS2. The molecule has 1 aromatic carbocycles. The quantitative estimate of drug-likeness (QED) is 0.930. The van der Waals surface area contributed by atoms with Gasteiger partial charge >= 0.3 is 0 Å². The molecule has 1 amide bonds. The Morgan fingerprint density at radius 2 is 2.20 bits per heavy atom. The third-order valence-corrected chi connectivity index (χ3v) is 6.51. The van der Waals surface area contributed by atoms with Crippen LogP contribution in [0.3, 0.4) is 0 Å². The van der Waals surface area contributed by atoms with Gasteiger partial charge in [-0.25, -0.2) is 0 Å². The molecule has 0 saturated carbocycles. The minimum Gasteiger partial charge on any atom is -0.326 e. The lowest BCUT2D eigenvalue weighted by Crippen LogP contribution is -2.22. The molecule has 3 rings (SSSR count). The number of anilines is 1. The minimum atomic E-state index is 0.149. The zero-order chi connectivity index (χ0) is 13.9. The van der Waals surface area contributed by atoms with E-state index in [0.717, 1.165) is 24.5 Å². The van der Waals surface area contributed by atoms with Gasteiger partial charge in [-0.1, -0.05) is 6.07 Å². The number of benzene rings is 1. The fraction of sp³-hybridized carbons (Fsp3) is 0.533. The first-order valence-corrected chi connectivity index (χ1v) is 9.20. The number of nitrogens with zero attached hydrogens (tertiary/aromatic N) is 1. The molecule has 2 aliphatic rings. The van der Waals surface area contributed by atoms with Crippen LogP contribution in [0.2, 0.25) is 0 Å². The Balaban J connectivity index is 1.57. The van der Waals surface area contributed by atoms with E-state index in [1.54, 1.807) is 0 Å². The van der Waals surface area contributed by atoms with Gasteiger partial charge in [-0.2, -0.15) is 23.5 Å². The predicted octanol–water partition coefficient (Wildman–Crippen LogP) is 2.81. The lowest BCUT2D eigenvalue weighted by molar-refractivity contribution is -0.116. The number of fused-ring (bicyclic) bond motifs is 1. The van der Waals surface area contributed by atoms with Crippen LogP contribution in [0.25, 0.3) is 0 Å². The fourth-order valence-corrected chi connectivity index (χ4v) is 5.40. The first-order valence-electron chi connectivity index (χ1n) is 7.00. The standard InChI is InChI=1S/C15H20N2OS2/c1-17-8-11-2-3-13(6-12(11)9-17)16-15(18)7-14-10-19-4-5-20-14/h2-3,6,14H,4-5,7-10H2,1H3,(H,16,18). The molecule has 1 atom stereocenters. The first kappa shape index (κ1) is 14.3. The molecule has 0 aromatic heterocycles. The van der Waals surface area contributed by atoms with Gasteiger partial charge in [0.2, 0.25) is 5.91 Å². The second kappa shape index (κ2) is 6.41. The summed E-state index contributed by atoms with van der Waals surface area (Å²) in [7, 11) is 2.12. The zero-order valence-electron chi connectivity index (χ0n) is 11.7. The second-order valence-corrected chi connectivity index (χ2v) is 8.03. The topological polar surface area (TPSA) is 32.3 Å². The van der Waals surface area contributed by atoms with Crippen molar-refractivity contribution in [3.63, 3.8) is 0 Å². The van der Waals surface area contributed by atoms with E-state index in [2.05, 4.69) is 29.4 Å². The molecule has 1 aromatic rings. The van der Waals surface area contributed by atoms with E-state index < -0.39 is 0 Å². The van der Waals surface area contributed by atoms with Crippen molar-refractivity contribution in [2.45, 2.75) is 24.8 Å². The van der Waals surface area contributed by atoms with Crippen molar-refractivity contribution in [2.75, 3.05) is 29.6 Å². The summed E-state index contributed by atoms with van der Waals surface area (Å²) in [5, 5.41) is 3.53. The van der Waals surface area contributed by atoms with E-state index in [1.165, 1.54) is 22.6 Å². The minimum absolute atomic E-state index is 0.149. The molecule has 0 bridgehead atoms. The largest absolute Gasteiger partial charge is 0.326 e. The van der Waals surface area contributed by atoms with Crippen molar-refractivity contribution in [1.82, 2.24) is 4.90 Å². The van der Waals surface area contributed by atoms with Crippen molar-refractivity contribution in [1.29, 1.82) is 0 Å². The number of rotatable bonds is 3. The average Bonchev–Trinajstić information content (AvgIpc) is 2.79. The molecule has 0 aliphatic carbocycles. The van der Waals surface area contributed by atoms with Gasteiger partial charge in [-0.15, -0.1) is 0 Å². The lowest BCUT2D eigenvalue weighted by Gasteiger charge is -2.20. The fourth-order valence-electron chi connectivity index (χ4n) is 2.72. The molecule has 2 aliphatic heterocycles. The second-order valence-electron chi connectivity index (χ2n) is 5.48. The SMILES string of the molecule is CN1Cc2ccc(NC(=O)CC3CSCCS3)cc2C1. The van der Waals surface area contributed by atoms with Gasteiger partial charge in [0.05, 0.1) is 0 Å². The molecule has 3 nitrogen and oxygen atoms in total. The third-order valence-electron chi connectivity index (χ3n) is 3.67. The summed E-state index contributed by atoms with van der Waals surface area (Å²) >= 11 is 3.90. The van der Waals surface area contributed by atoms with E-state index in [9.17, 15) is 4.79 Å². The van der Waals surface area contributed by atoms with Gasteiger partial charge < -0.3 is 5.32 Å². The van der Waals surface area contributed by atoms with Gasteiger partial charge in [0.15, 0.2) is 0 Å². The highest BCUT2D eigenvalue weighted by molar-refractivity contribution is 8.06. The van der Waals surface area contributed by atoms with Crippen LogP contribution in [0, 0.1) is 0 Å². The number of thioether (sulfide) groups is 2. The molecule has 108 valence electrons. The summed E-state index contributed by atoms with van der Waals surface area (Å²) in [6.07, 6.45) is 0.634. The van der Waals surface area contributed by atoms with E-state index in [1.807, 2.05) is 29.6 Å². The predicted molar refractivity (Wildman–Crippen MR) is 88.4 cm³/mol. The Hall–Kier alpha value is -0.650. The number of nitrogens with one attached hydrogen (secondary N) is 1. The monoisotopic (exact) mass is 308 g/mol. The van der Waals surface area contributed by atoms with Crippen LogP contribution in [0.1, 0.15) is 17.5 Å². The number of carbonyl (C=O) groups is 1. The number of amides is 1. The first-order chi connectivity index (χ1) is 9.70. The van der Waals surface area contributed by atoms with Gasteiger partial charge in [-0.3, -0.25) is 9.69 Å². The van der Waals surface area contributed by atoms with Crippen molar-refractivity contribution < 1.29 is 4.79 Å². The normalized spacial score (nSPS) is 22.6. The number of hydrogen-bond donors (Lipinski definition) is 1. The van der Waals surface area contributed by atoms with Crippen molar-refractivity contribution >= 4 is 35.1 Å². The molecule has 1 saturated heterocycles. The molecule has 1 N–H and O–H groups in total. The Labute approximate surface area is 128 Å². The van der Waals surface area contributed by atoms with Gasteiger partial charge in [-0.05, 0) is 30.3 Å². The molecule has 5 heteroatoms. The summed E-state index contributed by atoms with van der Waals surface area (Å²) in [5.41, 5.74) is 3.66. The lowest BCUT2D eigenvalue weighted by atomic mass is 10.1. The van der Waals surface area contributed by atoms with Gasteiger partial charge in [0, 0.05) is 47.7 Å². The summed E-state index contributed by atoms with van der Waals surface area (Å²) < 4.78 is 0. The van der Waals surface area contributed by atoms with Crippen LogP contribution >= 0.6 is 23.5 Å². The van der Waals surface area contributed by atoms with Crippen molar-refractivity contribution in [2.24, 2.45) is 0 Å². The smallest absolute Gasteiger partial charge is 0.225 e. The Morgan fingerprint density at radius 3 is 3.00 bits per heavy atom. The highest BCUT2D eigenvalue weighted by Gasteiger charge is 2.19. The summed E-state index contributed by atoms with van der Waals surface area (Å²) in [4.78, 5) is 14.4. The van der Waals surface area contributed by atoms with Gasteiger partial charge in [0.25, 0.3) is 0 Å². The molecule has 20 heavy (non-hydrogen) atoms. The van der Waals surface area contributed by atoms with Crippen LogP contribution < -0.4 is 5.32 Å². The van der Waals surface area contributed by atoms with Crippen molar-refractivity contribution in [3.05, 3.63) is 29.3 Å². The maximum atomic E-state index is 12.1. The molecule has 0 spiro atoms. The number of carbonyl (C=O) groups excluding carboxylic acids is 1. The maximum absolute atomic E-state index is 12.1. The average molecular weight is 308 g/mol.